The standard InChI is InChI=1S/C18H36N2O/c1-15(2)12-19-13-18(8-6-16(3)7-9-18)14-20(10-11-21)17-4-5-17/h15-17,19,21H,4-14H2,1-3H3. The lowest BCUT2D eigenvalue weighted by atomic mass is 9.70. The highest BCUT2D eigenvalue weighted by Gasteiger charge is 2.39. The van der Waals surface area contributed by atoms with Crippen molar-refractivity contribution >= 4 is 0 Å². The van der Waals surface area contributed by atoms with Crippen molar-refractivity contribution in [1.82, 2.24) is 10.2 Å². The zero-order valence-electron chi connectivity index (χ0n) is 14.4. The third kappa shape index (κ3) is 5.54. The largest absolute Gasteiger partial charge is 0.395 e. The van der Waals surface area contributed by atoms with Crippen LogP contribution in [0.25, 0.3) is 0 Å². The molecule has 0 bridgehead atoms. The molecule has 0 amide bonds. The molecule has 2 saturated carbocycles. The Kier molecular flexibility index (Phi) is 6.51. The monoisotopic (exact) mass is 296 g/mol. The van der Waals surface area contributed by atoms with Crippen LogP contribution in [0.15, 0.2) is 0 Å². The zero-order chi connectivity index (χ0) is 15.3. The van der Waals surface area contributed by atoms with Gasteiger partial charge in [0.2, 0.25) is 0 Å². The van der Waals surface area contributed by atoms with Crippen molar-refractivity contribution in [3.8, 4) is 0 Å². The average Bonchev–Trinajstić information content (AvgIpc) is 3.26. The van der Waals surface area contributed by atoms with Crippen molar-refractivity contribution < 1.29 is 5.11 Å². The lowest BCUT2D eigenvalue weighted by molar-refractivity contribution is 0.0710. The molecule has 2 fully saturated rings. The second-order valence-electron chi connectivity index (χ2n) is 8.13. The van der Waals surface area contributed by atoms with Crippen LogP contribution in [0.2, 0.25) is 0 Å². The van der Waals surface area contributed by atoms with Gasteiger partial charge in [-0.05, 0) is 49.5 Å². The van der Waals surface area contributed by atoms with Gasteiger partial charge in [0.15, 0.2) is 0 Å². The van der Waals surface area contributed by atoms with Gasteiger partial charge in [-0.25, -0.2) is 0 Å². The van der Waals surface area contributed by atoms with Gasteiger partial charge >= 0.3 is 0 Å². The van der Waals surface area contributed by atoms with Gasteiger partial charge in [-0.3, -0.25) is 4.90 Å². The maximum Gasteiger partial charge on any atom is 0.0558 e. The Labute approximate surface area is 131 Å². The van der Waals surface area contributed by atoms with Gasteiger partial charge in [-0.1, -0.05) is 33.6 Å². The quantitative estimate of drug-likeness (QED) is 0.687. The summed E-state index contributed by atoms with van der Waals surface area (Å²) in [6.45, 7) is 11.6. The van der Waals surface area contributed by atoms with Crippen LogP contribution in [-0.2, 0) is 0 Å². The molecule has 0 aliphatic heterocycles. The van der Waals surface area contributed by atoms with E-state index in [1.54, 1.807) is 0 Å². The Morgan fingerprint density at radius 3 is 2.38 bits per heavy atom. The first-order valence-electron chi connectivity index (χ1n) is 9.10. The molecule has 21 heavy (non-hydrogen) atoms. The molecule has 3 heteroatoms. The first kappa shape index (κ1) is 17.2. The highest BCUT2D eigenvalue weighted by atomic mass is 16.3. The summed E-state index contributed by atoms with van der Waals surface area (Å²) in [6.07, 6.45) is 8.14. The highest BCUT2D eigenvalue weighted by Crippen LogP contribution is 2.41. The number of hydrogen-bond acceptors (Lipinski definition) is 3. The first-order chi connectivity index (χ1) is 10.0. The van der Waals surface area contributed by atoms with E-state index in [4.69, 9.17) is 0 Å². The summed E-state index contributed by atoms with van der Waals surface area (Å²) in [5.74, 6) is 1.62. The van der Waals surface area contributed by atoms with Crippen LogP contribution in [0.4, 0.5) is 0 Å². The van der Waals surface area contributed by atoms with Gasteiger partial charge in [0.25, 0.3) is 0 Å². The van der Waals surface area contributed by atoms with Crippen LogP contribution in [0, 0.1) is 17.3 Å². The molecule has 0 aromatic rings. The number of nitrogens with one attached hydrogen (secondary N) is 1. The van der Waals surface area contributed by atoms with Crippen molar-refractivity contribution in [2.45, 2.75) is 65.3 Å². The third-order valence-corrected chi connectivity index (χ3v) is 5.38. The molecular weight excluding hydrogens is 260 g/mol. The normalized spacial score (nSPS) is 30.3. The maximum absolute atomic E-state index is 9.36. The van der Waals surface area contributed by atoms with E-state index in [1.165, 1.54) is 45.1 Å². The molecule has 0 unspecified atom stereocenters. The molecule has 0 heterocycles. The van der Waals surface area contributed by atoms with E-state index in [0.29, 0.717) is 12.0 Å². The second kappa shape index (κ2) is 7.94. The van der Waals surface area contributed by atoms with Crippen molar-refractivity contribution in [3.05, 3.63) is 0 Å². The summed E-state index contributed by atoms with van der Waals surface area (Å²) in [5, 5.41) is 13.1. The van der Waals surface area contributed by atoms with Crippen LogP contribution in [0.3, 0.4) is 0 Å². The van der Waals surface area contributed by atoms with E-state index in [0.717, 1.165) is 37.5 Å². The third-order valence-electron chi connectivity index (χ3n) is 5.38. The summed E-state index contributed by atoms with van der Waals surface area (Å²) in [7, 11) is 0. The number of hydrogen-bond donors (Lipinski definition) is 2. The minimum absolute atomic E-state index is 0.308. The summed E-state index contributed by atoms with van der Waals surface area (Å²) >= 11 is 0. The maximum atomic E-state index is 9.36. The SMILES string of the molecule is CC(C)CNCC1(CN(CCO)C2CC2)CCC(C)CC1. The van der Waals surface area contributed by atoms with Gasteiger partial charge < -0.3 is 10.4 Å². The molecule has 0 atom stereocenters. The minimum atomic E-state index is 0.308. The Balaban J connectivity index is 1.93. The number of rotatable bonds is 9. The fourth-order valence-corrected chi connectivity index (χ4v) is 3.78. The second-order valence-corrected chi connectivity index (χ2v) is 8.13. The van der Waals surface area contributed by atoms with Crippen molar-refractivity contribution in [2.24, 2.45) is 17.3 Å². The molecule has 124 valence electrons. The van der Waals surface area contributed by atoms with Crippen LogP contribution in [0.1, 0.15) is 59.3 Å². The zero-order valence-corrected chi connectivity index (χ0v) is 14.4. The van der Waals surface area contributed by atoms with Crippen LogP contribution < -0.4 is 5.32 Å². The fraction of sp³-hybridized carbons (Fsp3) is 1.00. The molecule has 0 aromatic carbocycles. The summed E-state index contributed by atoms with van der Waals surface area (Å²) in [4.78, 5) is 2.58. The lowest BCUT2D eigenvalue weighted by Gasteiger charge is -2.43. The van der Waals surface area contributed by atoms with Gasteiger partial charge in [0, 0.05) is 25.7 Å². The van der Waals surface area contributed by atoms with E-state index in [9.17, 15) is 5.11 Å². The minimum Gasteiger partial charge on any atom is -0.395 e. The molecule has 0 aromatic heterocycles. The summed E-state index contributed by atoms with van der Waals surface area (Å²) in [5.41, 5.74) is 0.444. The van der Waals surface area contributed by atoms with E-state index in [1.807, 2.05) is 0 Å². The predicted molar refractivity (Wildman–Crippen MR) is 89.5 cm³/mol. The van der Waals surface area contributed by atoms with Gasteiger partial charge in [0.05, 0.1) is 6.61 Å². The van der Waals surface area contributed by atoms with E-state index in [2.05, 4.69) is 31.0 Å². The number of nitrogens with zero attached hydrogens (tertiary/aromatic N) is 1. The Bertz CT molecular complexity index is 294. The molecule has 0 spiro atoms. The van der Waals surface area contributed by atoms with E-state index >= 15 is 0 Å². The summed E-state index contributed by atoms with van der Waals surface area (Å²) < 4.78 is 0. The van der Waals surface area contributed by atoms with Crippen molar-refractivity contribution in [1.29, 1.82) is 0 Å². The summed E-state index contributed by atoms with van der Waals surface area (Å²) in [6, 6.07) is 0.762. The first-order valence-corrected chi connectivity index (χ1v) is 9.10. The van der Waals surface area contributed by atoms with E-state index in [-0.39, 0.29) is 0 Å². The molecule has 2 aliphatic carbocycles. The lowest BCUT2D eigenvalue weighted by Crippen LogP contribution is -2.48. The number of aliphatic hydroxyl groups is 1. The Morgan fingerprint density at radius 1 is 1.19 bits per heavy atom. The van der Waals surface area contributed by atoms with Gasteiger partial charge in [-0.2, -0.15) is 0 Å². The van der Waals surface area contributed by atoms with Gasteiger partial charge in [-0.15, -0.1) is 0 Å². The van der Waals surface area contributed by atoms with Gasteiger partial charge in [0.1, 0.15) is 0 Å². The van der Waals surface area contributed by atoms with Crippen LogP contribution >= 0.6 is 0 Å². The molecule has 2 rings (SSSR count). The van der Waals surface area contributed by atoms with Crippen LogP contribution in [-0.4, -0.2) is 48.8 Å². The highest BCUT2D eigenvalue weighted by molar-refractivity contribution is 4.93. The van der Waals surface area contributed by atoms with E-state index < -0.39 is 0 Å². The molecule has 0 saturated heterocycles. The molecular formula is C18H36N2O. The predicted octanol–water partition coefficient (Wildman–Crippen LogP) is 2.89. The van der Waals surface area contributed by atoms with Crippen LogP contribution in [0.5, 0.6) is 0 Å². The molecule has 2 aliphatic rings. The molecule has 3 nitrogen and oxygen atoms in total. The Hall–Kier alpha value is -0.120. The Morgan fingerprint density at radius 2 is 1.86 bits per heavy atom. The average molecular weight is 296 g/mol. The fourth-order valence-electron chi connectivity index (χ4n) is 3.78. The molecule has 0 radical (unpaired) electrons. The molecule has 2 N–H and O–H groups in total. The number of aliphatic hydroxyl groups excluding tert-OH is 1. The topological polar surface area (TPSA) is 35.5 Å². The van der Waals surface area contributed by atoms with Crippen molar-refractivity contribution in [2.75, 3.05) is 32.8 Å². The van der Waals surface area contributed by atoms with Crippen molar-refractivity contribution in [3.63, 3.8) is 0 Å². The smallest absolute Gasteiger partial charge is 0.0558 e.